The van der Waals surface area contributed by atoms with Gasteiger partial charge in [-0.2, -0.15) is 0 Å². The fourth-order valence-corrected chi connectivity index (χ4v) is 4.90. The molecule has 2 heterocycles. The quantitative estimate of drug-likeness (QED) is 0.640. The summed E-state index contributed by atoms with van der Waals surface area (Å²) in [6.45, 7) is 11.8. The SMILES string of the molecule is CCC(C)Nc1ncnc(N2CC3(C)CC2CC(C)(C)C3)c1[N+](=O)[O-]. The third kappa shape index (κ3) is 3.41. The summed E-state index contributed by atoms with van der Waals surface area (Å²) in [5.74, 6) is 0.799. The first-order chi connectivity index (χ1) is 11.6. The van der Waals surface area contributed by atoms with Crippen LogP contribution in [0.2, 0.25) is 0 Å². The van der Waals surface area contributed by atoms with E-state index < -0.39 is 0 Å². The van der Waals surface area contributed by atoms with E-state index in [1.165, 1.54) is 6.33 Å². The third-order valence-electron chi connectivity index (χ3n) is 5.67. The predicted molar refractivity (Wildman–Crippen MR) is 98.9 cm³/mol. The maximum absolute atomic E-state index is 11.8. The molecule has 2 fully saturated rings. The van der Waals surface area contributed by atoms with Gasteiger partial charge in [-0.15, -0.1) is 0 Å². The average Bonchev–Trinajstić information content (AvgIpc) is 2.75. The van der Waals surface area contributed by atoms with Crippen LogP contribution in [0.1, 0.15) is 60.3 Å². The summed E-state index contributed by atoms with van der Waals surface area (Å²) in [5, 5.41) is 15.0. The van der Waals surface area contributed by atoms with Crippen molar-refractivity contribution in [3.8, 4) is 0 Å². The molecule has 1 aromatic heterocycles. The van der Waals surface area contributed by atoms with Crippen LogP contribution in [-0.2, 0) is 0 Å². The van der Waals surface area contributed by atoms with E-state index in [0.717, 1.165) is 32.2 Å². The molecule has 0 spiro atoms. The van der Waals surface area contributed by atoms with Crippen LogP contribution >= 0.6 is 0 Å². The van der Waals surface area contributed by atoms with Crippen LogP contribution in [0.3, 0.4) is 0 Å². The van der Waals surface area contributed by atoms with Gasteiger partial charge >= 0.3 is 5.69 Å². The zero-order valence-corrected chi connectivity index (χ0v) is 15.9. The lowest BCUT2D eigenvalue weighted by molar-refractivity contribution is -0.383. The Labute approximate surface area is 149 Å². The lowest BCUT2D eigenvalue weighted by Crippen LogP contribution is -2.35. The first-order valence-corrected chi connectivity index (χ1v) is 9.17. The van der Waals surface area contributed by atoms with Crippen molar-refractivity contribution in [3.05, 3.63) is 16.4 Å². The number of rotatable bonds is 5. The lowest BCUT2D eigenvalue weighted by Gasteiger charge is -2.39. The monoisotopic (exact) mass is 347 g/mol. The molecule has 7 heteroatoms. The Bertz CT molecular complexity index is 677. The smallest absolute Gasteiger partial charge is 0.353 e. The van der Waals surface area contributed by atoms with Crippen molar-refractivity contribution in [1.29, 1.82) is 0 Å². The van der Waals surface area contributed by atoms with Crippen LogP contribution < -0.4 is 10.2 Å². The second kappa shape index (κ2) is 6.11. The van der Waals surface area contributed by atoms with Gasteiger partial charge in [-0.05, 0) is 43.4 Å². The summed E-state index contributed by atoms with van der Waals surface area (Å²) in [4.78, 5) is 22.2. The minimum atomic E-state index is -0.337. The second-order valence-corrected chi connectivity index (χ2v) is 8.95. The highest BCUT2D eigenvalue weighted by Crippen LogP contribution is 2.54. The van der Waals surface area contributed by atoms with Crippen molar-refractivity contribution in [3.63, 3.8) is 0 Å². The standard InChI is InChI=1S/C18H29N5O2/c1-6-12(2)21-15-14(23(24)25)16(20-11-19-15)22-10-18(5)8-13(22)7-17(3,4)9-18/h11-13H,6-10H2,1-5H3,(H,19,20,21). The van der Waals surface area contributed by atoms with Crippen LogP contribution in [0.4, 0.5) is 17.3 Å². The number of anilines is 2. The minimum absolute atomic E-state index is 0.0109. The number of nitro groups is 1. The predicted octanol–water partition coefficient (Wildman–Crippen LogP) is 4.00. The summed E-state index contributed by atoms with van der Waals surface area (Å²) in [7, 11) is 0. The highest BCUT2D eigenvalue weighted by atomic mass is 16.6. The fraction of sp³-hybridized carbons (Fsp3) is 0.778. The Balaban J connectivity index is 2.00. The molecule has 1 saturated carbocycles. The van der Waals surface area contributed by atoms with Gasteiger partial charge in [-0.25, -0.2) is 9.97 Å². The van der Waals surface area contributed by atoms with E-state index >= 15 is 0 Å². The second-order valence-electron chi connectivity index (χ2n) is 8.95. The molecule has 7 nitrogen and oxygen atoms in total. The van der Waals surface area contributed by atoms with Gasteiger partial charge in [0.25, 0.3) is 0 Å². The Hall–Kier alpha value is -1.92. The van der Waals surface area contributed by atoms with E-state index in [-0.39, 0.29) is 27.5 Å². The molecule has 138 valence electrons. The number of aromatic nitrogens is 2. The van der Waals surface area contributed by atoms with Gasteiger partial charge in [0.05, 0.1) is 4.92 Å². The normalized spacial score (nSPS) is 28.7. The van der Waals surface area contributed by atoms with Gasteiger partial charge in [0.1, 0.15) is 6.33 Å². The van der Waals surface area contributed by atoms with E-state index in [9.17, 15) is 10.1 Å². The highest BCUT2D eigenvalue weighted by Gasteiger charge is 2.51. The van der Waals surface area contributed by atoms with E-state index in [4.69, 9.17) is 0 Å². The number of hydrogen-bond donors (Lipinski definition) is 1. The third-order valence-corrected chi connectivity index (χ3v) is 5.67. The number of nitrogens with zero attached hydrogens (tertiary/aromatic N) is 4. The summed E-state index contributed by atoms with van der Waals surface area (Å²) in [6, 6.07) is 0.425. The molecule has 1 N–H and O–H groups in total. The number of nitrogens with one attached hydrogen (secondary N) is 1. The molecule has 1 aliphatic heterocycles. The van der Waals surface area contributed by atoms with Gasteiger partial charge in [-0.3, -0.25) is 10.1 Å². The van der Waals surface area contributed by atoms with Gasteiger partial charge in [-0.1, -0.05) is 27.7 Å². The van der Waals surface area contributed by atoms with Crippen molar-refractivity contribution >= 4 is 17.3 Å². The van der Waals surface area contributed by atoms with Crippen molar-refractivity contribution in [2.24, 2.45) is 10.8 Å². The van der Waals surface area contributed by atoms with Crippen LogP contribution in [0.25, 0.3) is 0 Å². The zero-order chi connectivity index (χ0) is 18.4. The van der Waals surface area contributed by atoms with Gasteiger partial charge in [0.15, 0.2) is 0 Å². The van der Waals surface area contributed by atoms with E-state index in [2.05, 4.69) is 41.0 Å². The van der Waals surface area contributed by atoms with E-state index in [1.807, 2.05) is 13.8 Å². The minimum Gasteiger partial charge on any atom is -0.362 e. The number of fused-ring (bicyclic) bond motifs is 2. The average molecular weight is 347 g/mol. The molecular weight excluding hydrogens is 318 g/mol. The van der Waals surface area contributed by atoms with Gasteiger partial charge in [0.2, 0.25) is 11.6 Å². The molecule has 3 unspecified atom stereocenters. The summed E-state index contributed by atoms with van der Waals surface area (Å²) >= 11 is 0. The number of hydrogen-bond acceptors (Lipinski definition) is 6. The first-order valence-electron chi connectivity index (χ1n) is 9.17. The molecule has 0 aromatic carbocycles. The summed E-state index contributed by atoms with van der Waals surface area (Å²) in [6.07, 6.45) is 5.57. The molecule has 1 saturated heterocycles. The van der Waals surface area contributed by atoms with Crippen LogP contribution in [0.15, 0.2) is 6.33 Å². The van der Waals surface area contributed by atoms with Crippen molar-refractivity contribution in [2.75, 3.05) is 16.8 Å². The highest BCUT2D eigenvalue weighted by molar-refractivity contribution is 5.71. The van der Waals surface area contributed by atoms with Crippen LogP contribution in [0, 0.1) is 20.9 Å². The van der Waals surface area contributed by atoms with Crippen molar-refractivity contribution < 1.29 is 4.92 Å². The lowest BCUT2D eigenvalue weighted by atomic mass is 9.65. The Morgan fingerprint density at radius 1 is 1.40 bits per heavy atom. The molecule has 0 radical (unpaired) electrons. The van der Waals surface area contributed by atoms with E-state index in [0.29, 0.717) is 17.7 Å². The van der Waals surface area contributed by atoms with Crippen molar-refractivity contribution in [1.82, 2.24) is 9.97 Å². The van der Waals surface area contributed by atoms with E-state index in [1.54, 1.807) is 0 Å². The molecule has 0 amide bonds. The molecule has 2 bridgehead atoms. The zero-order valence-electron chi connectivity index (χ0n) is 15.9. The molecule has 3 rings (SSSR count). The molecular formula is C18H29N5O2. The Kier molecular flexibility index (Phi) is 4.37. The van der Waals surface area contributed by atoms with Crippen LogP contribution in [0.5, 0.6) is 0 Å². The molecule has 3 atom stereocenters. The summed E-state index contributed by atoms with van der Waals surface area (Å²) in [5.41, 5.74) is 0.457. The Morgan fingerprint density at radius 2 is 2.12 bits per heavy atom. The topological polar surface area (TPSA) is 84.2 Å². The maximum Gasteiger partial charge on any atom is 0.353 e. The van der Waals surface area contributed by atoms with Gasteiger partial charge < -0.3 is 10.2 Å². The molecule has 2 aliphatic rings. The molecule has 25 heavy (non-hydrogen) atoms. The summed E-state index contributed by atoms with van der Waals surface area (Å²) < 4.78 is 0. The van der Waals surface area contributed by atoms with Crippen molar-refractivity contribution in [2.45, 2.75) is 72.4 Å². The fourth-order valence-electron chi connectivity index (χ4n) is 4.90. The molecule has 1 aromatic rings. The van der Waals surface area contributed by atoms with Gasteiger partial charge in [0, 0.05) is 18.6 Å². The molecule has 1 aliphatic carbocycles. The first kappa shape index (κ1) is 17.9. The Morgan fingerprint density at radius 3 is 2.76 bits per heavy atom. The largest absolute Gasteiger partial charge is 0.362 e. The van der Waals surface area contributed by atoms with Crippen LogP contribution in [-0.4, -0.2) is 33.5 Å². The maximum atomic E-state index is 11.8.